The number of rotatable bonds is 6. The zero-order chi connectivity index (χ0) is 32.5. The number of ketones is 2. The molecule has 3 saturated heterocycles. The highest BCUT2D eigenvalue weighted by molar-refractivity contribution is 6.01. The second kappa shape index (κ2) is 11.7. The molecule has 3 aliphatic heterocycles. The maximum absolute atomic E-state index is 14.3. The molecule has 7 aliphatic rings. The Bertz CT molecular complexity index is 1530. The van der Waals surface area contributed by atoms with Crippen molar-refractivity contribution >= 4 is 29.2 Å². The summed E-state index contributed by atoms with van der Waals surface area (Å²) < 4.78 is 0. The van der Waals surface area contributed by atoms with E-state index in [1.165, 1.54) is 11.1 Å². The number of carbonyl (C=O) groups excluding carboxylic acids is 2. The van der Waals surface area contributed by atoms with Crippen LogP contribution < -0.4 is 14.7 Å². The predicted octanol–water partition coefficient (Wildman–Crippen LogP) is 5.16. The van der Waals surface area contributed by atoms with Gasteiger partial charge in [-0.3, -0.25) is 14.5 Å². The summed E-state index contributed by atoms with van der Waals surface area (Å²) in [6.45, 7) is 14.3. The molecule has 2 saturated carbocycles. The van der Waals surface area contributed by atoms with Crippen molar-refractivity contribution in [2.75, 3.05) is 73.6 Å². The standard InChI is InChI=1S/C38H52N6O3/c1-25-22-30-28-9-8-26-23-27(45)10-12-37(26,2)29(28)11-13-38(30,3)32(25)31(46)24-41-18-20-43(21-19-41)35-33(47)34(42-14-4-5-15-42)39-36(40-35)44-16-6-7-17-44/h10-12,23,25,28,30,32,47H,4-9,13-22,24H2,1-3H3/t25?,28-,30+,32-,37+,38+/m1/s1. The zero-order valence-corrected chi connectivity index (χ0v) is 28.6. The van der Waals surface area contributed by atoms with Crippen LogP contribution in [0.15, 0.2) is 35.5 Å². The first-order chi connectivity index (χ1) is 22.7. The maximum atomic E-state index is 14.3. The number of aromatic hydroxyl groups is 1. The molecule has 0 bridgehead atoms. The van der Waals surface area contributed by atoms with Gasteiger partial charge in [0.05, 0.1) is 6.54 Å². The third-order valence-electron chi connectivity index (χ3n) is 13.3. The summed E-state index contributed by atoms with van der Waals surface area (Å²) >= 11 is 0. The first kappa shape index (κ1) is 31.1. The minimum atomic E-state index is -0.147. The second-order valence-corrected chi connectivity index (χ2v) is 16.1. The summed E-state index contributed by atoms with van der Waals surface area (Å²) in [5, 5.41) is 11.4. The predicted molar refractivity (Wildman–Crippen MR) is 185 cm³/mol. The van der Waals surface area contributed by atoms with Crippen molar-refractivity contribution in [3.63, 3.8) is 0 Å². The Hall–Kier alpha value is -3.20. The van der Waals surface area contributed by atoms with Crippen molar-refractivity contribution in [3.8, 4) is 5.75 Å². The molecular weight excluding hydrogens is 588 g/mol. The Balaban J connectivity index is 0.960. The molecular formula is C38H52N6O3. The first-order valence-corrected chi connectivity index (χ1v) is 18.4. The van der Waals surface area contributed by atoms with Crippen LogP contribution in [-0.2, 0) is 9.59 Å². The summed E-state index contributed by atoms with van der Waals surface area (Å²) in [6.07, 6.45) is 16.9. The van der Waals surface area contributed by atoms with Crippen molar-refractivity contribution in [1.82, 2.24) is 14.9 Å². The van der Waals surface area contributed by atoms with Crippen LogP contribution in [0.4, 0.5) is 17.6 Å². The van der Waals surface area contributed by atoms with Gasteiger partial charge < -0.3 is 19.8 Å². The smallest absolute Gasteiger partial charge is 0.229 e. The quantitative estimate of drug-likeness (QED) is 0.423. The number of anilines is 3. The third-order valence-corrected chi connectivity index (χ3v) is 13.3. The van der Waals surface area contributed by atoms with E-state index >= 15 is 0 Å². The number of hydrogen-bond donors (Lipinski definition) is 1. The maximum Gasteiger partial charge on any atom is 0.229 e. The van der Waals surface area contributed by atoms with Crippen LogP contribution in [0.3, 0.4) is 0 Å². The third kappa shape index (κ3) is 5.13. The van der Waals surface area contributed by atoms with Gasteiger partial charge in [0.15, 0.2) is 23.2 Å². The van der Waals surface area contributed by atoms with Gasteiger partial charge in [0.25, 0.3) is 0 Å². The Labute approximate surface area is 279 Å². The van der Waals surface area contributed by atoms with E-state index < -0.39 is 0 Å². The van der Waals surface area contributed by atoms with Crippen LogP contribution in [0.5, 0.6) is 5.75 Å². The number of Topliss-reactive ketones (excluding diaryl/α,β-unsaturated/α-hetero) is 1. The molecule has 8 rings (SSSR count). The van der Waals surface area contributed by atoms with Gasteiger partial charge in [-0.2, -0.15) is 9.97 Å². The van der Waals surface area contributed by atoms with Gasteiger partial charge in [-0.05, 0) is 93.6 Å². The molecule has 4 heterocycles. The molecule has 0 aromatic carbocycles. The van der Waals surface area contributed by atoms with Crippen molar-refractivity contribution in [3.05, 3.63) is 35.5 Å². The fraction of sp³-hybridized carbons (Fsp3) is 0.684. The lowest BCUT2D eigenvalue weighted by molar-refractivity contribution is -0.129. The topological polar surface area (TPSA) is 93.1 Å². The normalized spacial score (nSPS) is 35.5. The molecule has 1 N–H and O–H groups in total. The molecule has 252 valence electrons. The van der Waals surface area contributed by atoms with Crippen LogP contribution in [0.2, 0.25) is 0 Å². The molecule has 1 unspecified atom stereocenters. The minimum Gasteiger partial charge on any atom is -0.502 e. The van der Waals surface area contributed by atoms with E-state index in [0.29, 0.717) is 41.7 Å². The molecule has 4 aliphatic carbocycles. The summed E-state index contributed by atoms with van der Waals surface area (Å²) in [6, 6.07) is 0. The van der Waals surface area contributed by atoms with E-state index in [-0.39, 0.29) is 28.3 Å². The largest absolute Gasteiger partial charge is 0.502 e. The second-order valence-electron chi connectivity index (χ2n) is 16.1. The highest BCUT2D eigenvalue weighted by Crippen LogP contribution is 2.65. The van der Waals surface area contributed by atoms with Gasteiger partial charge in [-0.25, -0.2) is 0 Å². The lowest BCUT2D eigenvalue weighted by Crippen LogP contribution is -2.51. The highest BCUT2D eigenvalue weighted by atomic mass is 16.3. The van der Waals surface area contributed by atoms with Crippen LogP contribution in [0.25, 0.3) is 0 Å². The summed E-state index contributed by atoms with van der Waals surface area (Å²) in [4.78, 5) is 45.2. The molecule has 9 heteroatoms. The molecule has 6 atom stereocenters. The Kier molecular flexibility index (Phi) is 7.77. The number of nitrogens with zero attached hydrogens (tertiary/aromatic N) is 6. The first-order valence-electron chi connectivity index (χ1n) is 18.4. The van der Waals surface area contributed by atoms with Gasteiger partial charge in [-0.1, -0.05) is 37.1 Å². The van der Waals surface area contributed by atoms with Crippen LogP contribution in [0.1, 0.15) is 72.1 Å². The average molecular weight is 641 g/mol. The van der Waals surface area contributed by atoms with Gasteiger partial charge in [0, 0.05) is 63.7 Å². The number of fused-ring (bicyclic) bond motifs is 5. The van der Waals surface area contributed by atoms with Gasteiger partial charge in [0.2, 0.25) is 11.7 Å². The fourth-order valence-corrected chi connectivity index (χ4v) is 10.9. The number of aromatic nitrogens is 2. The Morgan fingerprint density at radius 2 is 1.57 bits per heavy atom. The van der Waals surface area contributed by atoms with Crippen molar-refractivity contribution in [1.29, 1.82) is 0 Å². The Morgan fingerprint density at radius 1 is 0.936 bits per heavy atom. The zero-order valence-electron chi connectivity index (χ0n) is 28.6. The van der Waals surface area contributed by atoms with E-state index in [2.05, 4.69) is 52.5 Å². The molecule has 47 heavy (non-hydrogen) atoms. The number of piperazine rings is 1. The molecule has 5 fully saturated rings. The van der Waals surface area contributed by atoms with E-state index in [1.807, 2.05) is 6.08 Å². The monoisotopic (exact) mass is 640 g/mol. The van der Waals surface area contributed by atoms with Gasteiger partial charge in [0.1, 0.15) is 0 Å². The van der Waals surface area contributed by atoms with E-state index in [4.69, 9.17) is 9.97 Å². The molecule has 0 amide bonds. The SMILES string of the molecule is CC1C[C@H]2[C@@H]3CCC4=CC(=O)C=C[C@]4(C)C3=CC[C@]2(C)[C@H]1C(=O)CN1CCN(c2nc(N3CCCC3)nc(N3CCCC3)c2O)CC1. The Morgan fingerprint density at radius 3 is 2.26 bits per heavy atom. The van der Waals surface area contributed by atoms with E-state index in [1.54, 1.807) is 6.08 Å². The van der Waals surface area contributed by atoms with Gasteiger partial charge >= 0.3 is 0 Å². The summed E-state index contributed by atoms with van der Waals surface area (Å²) in [7, 11) is 0. The van der Waals surface area contributed by atoms with Crippen LogP contribution in [0, 0.1) is 34.5 Å². The summed E-state index contributed by atoms with van der Waals surface area (Å²) in [5.41, 5.74) is 2.59. The van der Waals surface area contributed by atoms with Crippen molar-refractivity contribution < 1.29 is 14.7 Å². The highest BCUT2D eigenvalue weighted by Gasteiger charge is 2.59. The lowest BCUT2D eigenvalue weighted by Gasteiger charge is -2.52. The minimum absolute atomic E-state index is 0.0248. The number of hydrogen-bond acceptors (Lipinski definition) is 9. The van der Waals surface area contributed by atoms with E-state index in [9.17, 15) is 14.7 Å². The van der Waals surface area contributed by atoms with Crippen molar-refractivity contribution in [2.24, 2.45) is 34.5 Å². The molecule has 0 radical (unpaired) electrons. The van der Waals surface area contributed by atoms with Crippen LogP contribution in [-0.4, -0.2) is 90.4 Å². The van der Waals surface area contributed by atoms with E-state index in [0.717, 1.165) is 110 Å². The molecule has 9 nitrogen and oxygen atoms in total. The number of allylic oxidation sites excluding steroid dienone is 6. The van der Waals surface area contributed by atoms with Crippen LogP contribution >= 0.6 is 0 Å². The summed E-state index contributed by atoms with van der Waals surface area (Å²) in [5.74, 6) is 4.21. The molecule has 0 spiro atoms. The van der Waals surface area contributed by atoms with Crippen molar-refractivity contribution in [2.45, 2.75) is 72.1 Å². The molecule has 1 aromatic rings. The number of carbonyl (C=O) groups is 2. The fourth-order valence-electron chi connectivity index (χ4n) is 10.9. The average Bonchev–Trinajstić information content (AvgIpc) is 3.83. The lowest BCUT2D eigenvalue weighted by atomic mass is 9.52. The molecule has 1 aromatic heterocycles. The van der Waals surface area contributed by atoms with Gasteiger partial charge in [-0.15, -0.1) is 0 Å².